The van der Waals surface area contributed by atoms with Crippen LogP contribution in [-0.4, -0.2) is 33.7 Å². The van der Waals surface area contributed by atoms with Crippen LogP contribution < -0.4 is 5.32 Å². The Kier molecular flexibility index (Phi) is 4.17. The molecule has 1 aromatic heterocycles. The van der Waals surface area contributed by atoms with E-state index in [2.05, 4.69) is 20.5 Å². The summed E-state index contributed by atoms with van der Waals surface area (Å²) in [7, 11) is 0. The van der Waals surface area contributed by atoms with Crippen LogP contribution in [-0.2, 0) is 4.74 Å². The van der Waals surface area contributed by atoms with E-state index in [4.69, 9.17) is 16.3 Å². The van der Waals surface area contributed by atoms with Gasteiger partial charge in [-0.05, 0) is 25.0 Å². The van der Waals surface area contributed by atoms with Gasteiger partial charge in [-0.15, -0.1) is 0 Å². The summed E-state index contributed by atoms with van der Waals surface area (Å²) in [5.74, 6) is 0.544. The van der Waals surface area contributed by atoms with Crippen LogP contribution in [0.15, 0.2) is 30.6 Å². The molecule has 1 aliphatic rings. The molecular formula is C14H15ClN4O2. The van der Waals surface area contributed by atoms with Gasteiger partial charge in [-0.3, -0.25) is 9.89 Å². The Morgan fingerprint density at radius 3 is 3.05 bits per heavy atom. The topological polar surface area (TPSA) is 79.9 Å². The van der Waals surface area contributed by atoms with Gasteiger partial charge in [0.15, 0.2) is 5.82 Å². The van der Waals surface area contributed by atoms with E-state index >= 15 is 0 Å². The van der Waals surface area contributed by atoms with E-state index in [1.807, 2.05) is 0 Å². The first-order valence-electron chi connectivity index (χ1n) is 6.77. The molecule has 0 spiro atoms. The highest BCUT2D eigenvalue weighted by atomic mass is 35.5. The minimum absolute atomic E-state index is 0.0217. The molecule has 0 aliphatic carbocycles. The number of carbonyl (C=O) groups is 1. The zero-order valence-corrected chi connectivity index (χ0v) is 12.0. The Labute approximate surface area is 126 Å². The van der Waals surface area contributed by atoms with Gasteiger partial charge in [0, 0.05) is 6.54 Å². The standard InChI is InChI=1S/C14H15ClN4O2/c15-11-4-2-1-3-10(11)14(20)16-7-9-5-6-12(21-9)13-17-8-18-19-13/h1-4,8-9,12H,5-7H2,(H,16,20)(H,17,18,19)/t9-,12+/m1/s1. The van der Waals surface area contributed by atoms with Crippen LogP contribution in [0.2, 0.25) is 5.02 Å². The van der Waals surface area contributed by atoms with Gasteiger partial charge in [-0.1, -0.05) is 23.7 Å². The first-order chi connectivity index (χ1) is 10.2. The molecule has 21 heavy (non-hydrogen) atoms. The van der Waals surface area contributed by atoms with Crippen LogP contribution in [0, 0.1) is 0 Å². The van der Waals surface area contributed by atoms with Crippen molar-refractivity contribution in [2.75, 3.05) is 6.54 Å². The molecule has 0 unspecified atom stereocenters. The number of carbonyl (C=O) groups excluding carboxylic acids is 1. The van der Waals surface area contributed by atoms with Crippen LogP contribution in [0.25, 0.3) is 0 Å². The molecule has 110 valence electrons. The molecule has 3 rings (SSSR count). The first-order valence-corrected chi connectivity index (χ1v) is 7.15. The average Bonchev–Trinajstić information content (AvgIpc) is 3.16. The predicted octanol–water partition coefficient (Wildman–Crippen LogP) is 2.11. The molecule has 2 aromatic rings. The lowest BCUT2D eigenvalue weighted by atomic mass is 10.1. The largest absolute Gasteiger partial charge is 0.365 e. The van der Waals surface area contributed by atoms with Crippen molar-refractivity contribution >= 4 is 17.5 Å². The summed E-state index contributed by atoms with van der Waals surface area (Å²) >= 11 is 5.99. The van der Waals surface area contributed by atoms with Crippen LogP contribution in [0.1, 0.15) is 35.1 Å². The maximum Gasteiger partial charge on any atom is 0.252 e. The molecule has 1 fully saturated rings. The molecule has 1 aliphatic heterocycles. The molecule has 2 N–H and O–H groups in total. The molecule has 6 nitrogen and oxygen atoms in total. The van der Waals surface area contributed by atoms with E-state index in [0.29, 0.717) is 17.1 Å². The predicted molar refractivity (Wildman–Crippen MR) is 77.0 cm³/mol. The number of H-pyrrole nitrogens is 1. The fourth-order valence-corrected chi connectivity index (χ4v) is 2.60. The minimum Gasteiger partial charge on any atom is -0.365 e. The van der Waals surface area contributed by atoms with Crippen molar-refractivity contribution in [3.63, 3.8) is 0 Å². The number of rotatable bonds is 4. The van der Waals surface area contributed by atoms with Gasteiger partial charge in [0.05, 0.1) is 16.7 Å². The monoisotopic (exact) mass is 306 g/mol. The van der Waals surface area contributed by atoms with Crippen LogP contribution in [0.5, 0.6) is 0 Å². The maximum atomic E-state index is 12.1. The Morgan fingerprint density at radius 1 is 1.43 bits per heavy atom. The van der Waals surface area contributed by atoms with Crippen molar-refractivity contribution < 1.29 is 9.53 Å². The summed E-state index contributed by atoms with van der Waals surface area (Å²) in [5, 5.41) is 9.92. The maximum absolute atomic E-state index is 12.1. The zero-order valence-electron chi connectivity index (χ0n) is 11.3. The second kappa shape index (κ2) is 6.24. The lowest BCUT2D eigenvalue weighted by molar-refractivity contribution is 0.0392. The molecular weight excluding hydrogens is 292 g/mol. The van der Waals surface area contributed by atoms with Crippen molar-refractivity contribution in [1.29, 1.82) is 0 Å². The number of amides is 1. The van der Waals surface area contributed by atoms with Gasteiger partial charge in [-0.2, -0.15) is 5.10 Å². The van der Waals surface area contributed by atoms with E-state index in [1.54, 1.807) is 24.3 Å². The Bertz CT molecular complexity index is 617. The number of aromatic amines is 1. The molecule has 1 amide bonds. The van der Waals surface area contributed by atoms with Gasteiger partial charge < -0.3 is 10.1 Å². The summed E-state index contributed by atoms with van der Waals surface area (Å²) < 4.78 is 5.84. The van der Waals surface area contributed by atoms with E-state index in [-0.39, 0.29) is 18.1 Å². The third-order valence-corrected chi connectivity index (χ3v) is 3.78. The van der Waals surface area contributed by atoms with Crippen molar-refractivity contribution in [3.8, 4) is 0 Å². The highest BCUT2D eigenvalue weighted by Gasteiger charge is 2.28. The zero-order chi connectivity index (χ0) is 14.7. The average molecular weight is 307 g/mol. The lowest BCUT2D eigenvalue weighted by Gasteiger charge is -2.13. The van der Waals surface area contributed by atoms with Gasteiger partial charge >= 0.3 is 0 Å². The summed E-state index contributed by atoms with van der Waals surface area (Å²) in [6.07, 6.45) is 3.10. The normalized spacial score (nSPS) is 21.4. The smallest absolute Gasteiger partial charge is 0.252 e. The summed E-state index contributed by atoms with van der Waals surface area (Å²) in [6.45, 7) is 0.453. The number of aromatic nitrogens is 3. The molecule has 2 atom stereocenters. The van der Waals surface area contributed by atoms with Crippen molar-refractivity contribution in [1.82, 2.24) is 20.5 Å². The molecule has 2 heterocycles. The number of nitrogens with zero attached hydrogens (tertiary/aromatic N) is 2. The van der Waals surface area contributed by atoms with Crippen LogP contribution in [0.4, 0.5) is 0 Å². The van der Waals surface area contributed by atoms with Gasteiger partial charge in [0.1, 0.15) is 12.4 Å². The third-order valence-electron chi connectivity index (χ3n) is 3.45. The molecule has 0 saturated carbocycles. The van der Waals surface area contributed by atoms with Gasteiger partial charge in [-0.25, -0.2) is 4.98 Å². The summed E-state index contributed by atoms with van der Waals surface area (Å²) in [4.78, 5) is 16.1. The minimum atomic E-state index is -0.188. The van der Waals surface area contributed by atoms with Crippen LogP contribution >= 0.6 is 11.6 Å². The number of hydrogen-bond acceptors (Lipinski definition) is 4. The molecule has 1 saturated heterocycles. The Balaban J connectivity index is 1.52. The molecule has 7 heteroatoms. The van der Waals surface area contributed by atoms with E-state index in [9.17, 15) is 4.79 Å². The highest BCUT2D eigenvalue weighted by Crippen LogP contribution is 2.30. The van der Waals surface area contributed by atoms with Crippen molar-refractivity contribution in [3.05, 3.63) is 47.0 Å². The number of hydrogen-bond donors (Lipinski definition) is 2. The fraction of sp³-hybridized carbons (Fsp3) is 0.357. The summed E-state index contributed by atoms with van der Waals surface area (Å²) in [5.41, 5.74) is 0.476. The number of nitrogens with one attached hydrogen (secondary N) is 2. The first kappa shape index (κ1) is 14.0. The molecule has 0 bridgehead atoms. The van der Waals surface area contributed by atoms with Crippen molar-refractivity contribution in [2.45, 2.75) is 25.0 Å². The van der Waals surface area contributed by atoms with E-state index in [0.717, 1.165) is 18.7 Å². The van der Waals surface area contributed by atoms with Crippen LogP contribution in [0.3, 0.4) is 0 Å². The molecule has 1 aromatic carbocycles. The lowest BCUT2D eigenvalue weighted by Crippen LogP contribution is -2.32. The fourth-order valence-electron chi connectivity index (χ4n) is 2.37. The number of halogens is 1. The number of benzene rings is 1. The highest BCUT2D eigenvalue weighted by molar-refractivity contribution is 6.33. The Hall–Kier alpha value is -1.92. The SMILES string of the molecule is O=C(NC[C@H]1CC[C@@H](c2ncn[nH]2)O1)c1ccccc1Cl. The quantitative estimate of drug-likeness (QED) is 0.906. The van der Waals surface area contributed by atoms with Crippen molar-refractivity contribution in [2.24, 2.45) is 0 Å². The van der Waals surface area contributed by atoms with Gasteiger partial charge in [0.25, 0.3) is 5.91 Å². The van der Waals surface area contributed by atoms with E-state index in [1.165, 1.54) is 6.33 Å². The second-order valence-electron chi connectivity index (χ2n) is 4.88. The van der Waals surface area contributed by atoms with Gasteiger partial charge in [0.2, 0.25) is 0 Å². The third kappa shape index (κ3) is 3.22. The Morgan fingerprint density at radius 2 is 2.29 bits per heavy atom. The van der Waals surface area contributed by atoms with E-state index < -0.39 is 0 Å². The number of ether oxygens (including phenoxy) is 1. The summed E-state index contributed by atoms with van der Waals surface area (Å²) in [6, 6.07) is 6.97. The molecule has 0 radical (unpaired) electrons. The second-order valence-corrected chi connectivity index (χ2v) is 5.29.